The molecule has 1 amide bonds. The molecule has 4 nitrogen and oxygen atoms in total. The van der Waals surface area contributed by atoms with Crippen molar-refractivity contribution in [1.29, 1.82) is 0 Å². The molecule has 5 rings (SSSR count). The van der Waals surface area contributed by atoms with E-state index < -0.39 is 6.09 Å². The molecule has 32 heavy (non-hydrogen) atoms. The number of nitrogens with one attached hydrogen (secondary N) is 1. The Morgan fingerprint density at radius 2 is 1.47 bits per heavy atom. The van der Waals surface area contributed by atoms with E-state index in [-0.39, 0.29) is 5.92 Å². The molecule has 3 aromatic carbocycles. The Hall–Kier alpha value is -2.98. The molecule has 164 valence electrons. The van der Waals surface area contributed by atoms with Gasteiger partial charge in [0.1, 0.15) is 0 Å². The van der Waals surface area contributed by atoms with Gasteiger partial charge in [-0.1, -0.05) is 53.6 Å². The predicted molar refractivity (Wildman–Crippen MR) is 130 cm³/mol. The van der Waals surface area contributed by atoms with Crippen LogP contribution in [0.5, 0.6) is 0 Å². The van der Waals surface area contributed by atoms with Crippen molar-refractivity contribution in [1.82, 2.24) is 0 Å². The Balaban J connectivity index is 1.66. The Kier molecular flexibility index (Phi) is 5.56. The third kappa shape index (κ3) is 3.84. The number of amides is 1. The highest BCUT2D eigenvalue weighted by Crippen LogP contribution is 2.49. The molecule has 3 aromatic rings. The number of hydrogen-bond donors (Lipinski definition) is 1. The number of rotatable bonds is 3. The molecule has 1 N–H and O–H groups in total. The number of nitrogens with zero attached hydrogens (tertiary/aromatic N) is 1. The Labute approximate surface area is 194 Å². The fraction of sp³-hybridized carbons (Fsp3) is 0.296. The van der Waals surface area contributed by atoms with Crippen molar-refractivity contribution in [2.24, 2.45) is 0 Å². The molecular weight excluding hydrogens is 420 g/mol. The second-order valence-corrected chi connectivity index (χ2v) is 9.19. The van der Waals surface area contributed by atoms with Gasteiger partial charge in [0.15, 0.2) is 0 Å². The van der Waals surface area contributed by atoms with Crippen LogP contribution in [0.3, 0.4) is 0 Å². The van der Waals surface area contributed by atoms with E-state index in [0.29, 0.717) is 5.92 Å². The van der Waals surface area contributed by atoms with Gasteiger partial charge in [-0.05, 0) is 66.3 Å². The van der Waals surface area contributed by atoms with E-state index in [1.165, 1.54) is 40.6 Å². The minimum atomic E-state index is -0.449. The number of ether oxygens (including phenoxy) is 1. The van der Waals surface area contributed by atoms with Gasteiger partial charge in [-0.25, -0.2) is 4.79 Å². The molecule has 0 fully saturated rings. The zero-order valence-electron chi connectivity index (χ0n) is 18.4. The van der Waals surface area contributed by atoms with Gasteiger partial charge in [0.25, 0.3) is 0 Å². The van der Waals surface area contributed by atoms with Gasteiger partial charge in [-0.2, -0.15) is 0 Å². The highest BCUT2D eigenvalue weighted by Gasteiger charge is 2.35. The van der Waals surface area contributed by atoms with E-state index in [1.54, 1.807) is 0 Å². The lowest BCUT2D eigenvalue weighted by Gasteiger charge is -2.43. The average Bonchev–Trinajstić information content (AvgIpc) is 2.81. The van der Waals surface area contributed by atoms with Crippen molar-refractivity contribution in [3.8, 4) is 0 Å². The van der Waals surface area contributed by atoms with Crippen LogP contribution in [0.4, 0.5) is 16.2 Å². The standard InChI is InChI=1S/C27H27ClN2O2/c1-17-3-5-18(6-4-17)22-11-13-30-14-12-23(19-7-9-20(28)10-8-19)25-16-21(29-27(31)32-2)15-24(22)26(25)30/h3-10,15-16,22-23H,11-14H2,1-2H3,(H,29,31)/t22-,23-/m0/s1. The molecule has 0 spiro atoms. The van der Waals surface area contributed by atoms with Gasteiger partial charge in [0.2, 0.25) is 0 Å². The third-order valence-corrected chi connectivity index (χ3v) is 7.05. The summed E-state index contributed by atoms with van der Waals surface area (Å²) in [4.78, 5) is 14.6. The van der Waals surface area contributed by atoms with Gasteiger partial charge in [-0.15, -0.1) is 0 Å². The van der Waals surface area contributed by atoms with Gasteiger partial charge >= 0.3 is 6.09 Å². The fourth-order valence-corrected chi connectivity index (χ4v) is 5.35. The van der Waals surface area contributed by atoms with Crippen molar-refractivity contribution in [2.75, 3.05) is 30.4 Å². The SMILES string of the molecule is COC(=O)Nc1cc2c3c(c1)[C@H](c1ccc(Cl)cc1)CCN3CC[C@H]2c1ccc(C)cc1. The predicted octanol–water partition coefficient (Wildman–Crippen LogP) is 6.70. The Bertz CT molecular complexity index is 1060. The number of hydrogen-bond acceptors (Lipinski definition) is 3. The van der Waals surface area contributed by atoms with Crippen LogP contribution < -0.4 is 10.2 Å². The fourth-order valence-electron chi connectivity index (χ4n) is 5.22. The summed E-state index contributed by atoms with van der Waals surface area (Å²) < 4.78 is 4.88. The first-order valence-electron chi connectivity index (χ1n) is 11.1. The maximum atomic E-state index is 12.0. The Morgan fingerprint density at radius 1 is 0.938 bits per heavy atom. The van der Waals surface area contributed by atoms with Crippen LogP contribution in [0, 0.1) is 6.92 Å². The minimum absolute atomic E-state index is 0.258. The number of methoxy groups -OCH3 is 1. The first-order valence-corrected chi connectivity index (χ1v) is 11.5. The second-order valence-electron chi connectivity index (χ2n) is 8.75. The minimum Gasteiger partial charge on any atom is -0.453 e. The molecule has 2 atom stereocenters. The van der Waals surface area contributed by atoms with Crippen LogP contribution in [-0.2, 0) is 4.74 Å². The van der Waals surface area contributed by atoms with Gasteiger partial charge < -0.3 is 9.64 Å². The lowest BCUT2D eigenvalue weighted by molar-refractivity contribution is 0.187. The van der Waals surface area contributed by atoms with E-state index in [1.807, 2.05) is 12.1 Å². The van der Waals surface area contributed by atoms with E-state index in [0.717, 1.165) is 36.6 Å². The average molecular weight is 447 g/mol. The highest BCUT2D eigenvalue weighted by molar-refractivity contribution is 6.30. The van der Waals surface area contributed by atoms with Gasteiger partial charge in [-0.3, -0.25) is 5.32 Å². The molecule has 0 unspecified atom stereocenters. The van der Waals surface area contributed by atoms with Gasteiger partial charge in [0, 0.05) is 41.3 Å². The summed E-state index contributed by atoms with van der Waals surface area (Å²) in [5, 5.41) is 3.66. The van der Waals surface area contributed by atoms with Crippen molar-refractivity contribution >= 4 is 29.1 Å². The molecule has 5 heteroatoms. The zero-order valence-corrected chi connectivity index (χ0v) is 19.2. The number of carbonyl (C=O) groups excluding carboxylic acids is 1. The van der Waals surface area contributed by atoms with E-state index in [2.05, 4.69) is 65.7 Å². The topological polar surface area (TPSA) is 41.6 Å². The molecule has 0 bridgehead atoms. The van der Waals surface area contributed by atoms with Crippen molar-refractivity contribution < 1.29 is 9.53 Å². The van der Waals surface area contributed by atoms with E-state index in [9.17, 15) is 4.79 Å². The molecule has 2 aliphatic heterocycles. The maximum absolute atomic E-state index is 12.0. The summed E-state index contributed by atoms with van der Waals surface area (Å²) in [6.45, 7) is 4.18. The summed E-state index contributed by atoms with van der Waals surface area (Å²) in [6.07, 6.45) is 1.64. The summed E-state index contributed by atoms with van der Waals surface area (Å²) in [5.74, 6) is 0.553. The second kappa shape index (κ2) is 8.51. The monoisotopic (exact) mass is 446 g/mol. The van der Waals surface area contributed by atoms with Crippen LogP contribution >= 0.6 is 11.6 Å². The molecule has 0 radical (unpaired) electrons. The number of aryl methyl sites for hydroxylation is 1. The number of carbonyl (C=O) groups is 1. The number of anilines is 2. The molecule has 0 saturated heterocycles. The van der Waals surface area contributed by atoms with Crippen molar-refractivity contribution in [3.63, 3.8) is 0 Å². The molecular formula is C27H27ClN2O2. The van der Waals surface area contributed by atoms with Crippen LogP contribution in [0.1, 0.15) is 52.5 Å². The van der Waals surface area contributed by atoms with Crippen LogP contribution in [-0.4, -0.2) is 26.3 Å². The number of benzene rings is 3. The molecule has 0 aliphatic carbocycles. The zero-order chi connectivity index (χ0) is 22.2. The van der Waals surface area contributed by atoms with Gasteiger partial charge in [0.05, 0.1) is 7.11 Å². The first kappa shape index (κ1) is 20.9. The normalized spacial score (nSPS) is 19.3. The molecule has 2 heterocycles. The van der Waals surface area contributed by atoms with E-state index >= 15 is 0 Å². The summed E-state index contributed by atoms with van der Waals surface area (Å²) in [5.41, 5.74) is 8.48. The maximum Gasteiger partial charge on any atom is 0.411 e. The van der Waals surface area contributed by atoms with Crippen molar-refractivity contribution in [2.45, 2.75) is 31.6 Å². The quantitative estimate of drug-likeness (QED) is 0.486. The highest BCUT2D eigenvalue weighted by atomic mass is 35.5. The Morgan fingerprint density at radius 3 is 2.00 bits per heavy atom. The third-order valence-electron chi connectivity index (χ3n) is 6.80. The molecule has 0 saturated carbocycles. The van der Waals surface area contributed by atoms with Crippen LogP contribution in [0.2, 0.25) is 5.02 Å². The molecule has 0 aromatic heterocycles. The van der Waals surface area contributed by atoms with E-state index in [4.69, 9.17) is 16.3 Å². The summed E-state index contributed by atoms with van der Waals surface area (Å²) in [7, 11) is 1.39. The summed E-state index contributed by atoms with van der Waals surface area (Å²) >= 11 is 6.16. The molecule has 2 aliphatic rings. The van der Waals surface area contributed by atoms with Crippen LogP contribution in [0.15, 0.2) is 60.7 Å². The lowest BCUT2D eigenvalue weighted by Crippen LogP contribution is -2.37. The van der Waals surface area contributed by atoms with Crippen molar-refractivity contribution in [3.05, 3.63) is 93.5 Å². The first-order chi connectivity index (χ1) is 15.5. The summed E-state index contributed by atoms with van der Waals surface area (Å²) in [6, 6.07) is 21.3. The lowest BCUT2D eigenvalue weighted by atomic mass is 9.76. The van der Waals surface area contributed by atoms with Crippen LogP contribution in [0.25, 0.3) is 0 Å². The largest absolute Gasteiger partial charge is 0.453 e. The number of halogens is 1. The smallest absolute Gasteiger partial charge is 0.411 e.